The van der Waals surface area contributed by atoms with Crippen LogP contribution in [0.25, 0.3) is 0 Å². The lowest BCUT2D eigenvalue weighted by Gasteiger charge is -2.22. The molecule has 9 nitrogen and oxygen atoms in total. The summed E-state index contributed by atoms with van der Waals surface area (Å²) in [5.74, 6) is 0.981. The summed E-state index contributed by atoms with van der Waals surface area (Å²) < 4.78 is 32.3. The summed E-state index contributed by atoms with van der Waals surface area (Å²) in [6.07, 6.45) is 0.643. The van der Waals surface area contributed by atoms with Crippen molar-refractivity contribution in [3.63, 3.8) is 0 Å². The lowest BCUT2D eigenvalue weighted by Crippen LogP contribution is -2.35. The minimum absolute atomic E-state index is 0.0898. The molecule has 2 aromatic heterocycles. The zero-order valence-corrected chi connectivity index (χ0v) is 15.5. The Bertz CT molecular complexity index is 845. The van der Waals surface area contributed by atoms with Crippen molar-refractivity contribution in [3.8, 4) is 0 Å². The Labute approximate surface area is 150 Å². The van der Waals surface area contributed by atoms with Crippen LogP contribution >= 0.6 is 11.6 Å². The second kappa shape index (κ2) is 6.77. The van der Waals surface area contributed by atoms with E-state index in [-0.39, 0.29) is 16.0 Å². The number of hydrogen-bond acceptors (Lipinski definition) is 8. The standard InChI is InChI=1S/C14H19ClN6O3S/c1-9-13(10(2)24-19-9)25(22,23)21-5-3-4-20(6-7-21)12-8-11(15)17-14(16)18-12/h8H,3-7H2,1-2H3,(H2,16,17,18). The van der Waals surface area contributed by atoms with Gasteiger partial charge in [-0.25, -0.2) is 13.4 Å². The molecule has 136 valence electrons. The van der Waals surface area contributed by atoms with Crippen molar-refractivity contribution in [3.05, 3.63) is 22.7 Å². The lowest BCUT2D eigenvalue weighted by atomic mass is 10.4. The molecule has 1 fully saturated rings. The number of nitrogens with two attached hydrogens (primary N) is 1. The molecule has 11 heteroatoms. The molecule has 0 aromatic carbocycles. The van der Waals surface area contributed by atoms with Gasteiger partial charge in [0.2, 0.25) is 16.0 Å². The van der Waals surface area contributed by atoms with Gasteiger partial charge in [0.25, 0.3) is 0 Å². The lowest BCUT2D eigenvalue weighted by molar-refractivity contribution is 0.389. The first-order valence-corrected chi connectivity index (χ1v) is 9.59. The fraction of sp³-hybridized carbons (Fsp3) is 0.500. The first-order valence-electron chi connectivity index (χ1n) is 7.77. The molecule has 0 aliphatic carbocycles. The Morgan fingerprint density at radius 3 is 2.60 bits per heavy atom. The molecule has 2 aromatic rings. The molecule has 25 heavy (non-hydrogen) atoms. The van der Waals surface area contributed by atoms with Crippen LogP contribution in [0.1, 0.15) is 17.9 Å². The highest BCUT2D eigenvalue weighted by atomic mass is 35.5. The molecular weight excluding hydrogens is 368 g/mol. The first-order chi connectivity index (χ1) is 11.8. The van der Waals surface area contributed by atoms with Gasteiger partial charge in [0.1, 0.15) is 21.6 Å². The van der Waals surface area contributed by atoms with Crippen LogP contribution in [0.15, 0.2) is 15.5 Å². The molecule has 1 aliphatic heterocycles. The number of rotatable bonds is 3. The highest BCUT2D eigenvalue weighted by molar-refractivity contribution is 7.89. The highest BCUT2D eigenvalue weighted by Crippen LogP contribution is 2.25. The SMILES string of the molecule is Cc1noc(C)c1S(=O)(=O)N1CCCN(c2cc(Cl)nc(N)n2)CC1. The van der Waals surface area contributed by atoms with Crippen molar-refractivity contribution in [2.75, 3.05) is 36.8 Å². The summed E-state index contributed by atoms with van der Waals surface area (Å²) in [6.45, 7) is 5.04. The van der Waals surface area contributed by atoms with Gasteiger partial charge in [0.15, 0.2) is 5.76 Å². The van der Waals surface area contributed by atoms with Gasteiger partial charge in [-0.15, -0.1) is 0 Å². The molecule has 0 atom stereocenters. The summed E-state index contributed by atoms with van der Waals surface area (Å²) in [7, 11) is -3.66. The molecule has 3 rings (SSSR count). The van der Waals surface area contributed by atoms with Crippen LogP contribution in [0.2, 0.25) is 5.15 Å². The van der Waals surface area contributed by atoms with E-state index in [0.717, 1.165) is 0 Å². The van der Waals surface area contributed by atoms with E-state index in [4.69, 9.17) is 21.9 Å². The third-order valence-electron chi connectivity index (χ3n) is 4.04. The highest BCUT2D eigenvalue weighted by Gasteiger charge is 2.32. The Morgan fingerprint density at radius 2 is 1.96 bits per heavy atom. The van der Waals surface area contributed by atoms with Gasteiger partial charge in [-0.3, -0.25) is 0 Å². The third-order valence-corrected chi connectivity index (χ3v) is 6.38. The van der Waals surface area contributed by atoms with Crippen LogP contribution in [0.3, 0.4) is 0 Å². The predicted octanol–water partition coefficient (Wildman–Crippen LogP) is 1.22. The number of sulfonamides is 1. The number of halogens is 1. The molecule has 1 aliphatic rings. The third kappa shape index (κ3) is 3.55. The quantitative estimate of drug-likeness (QED) is 0.782. The van der Waals surface area contributed by atoms with Crippen LogP contribution in [0.5, 0.6) is 0 Å². The van der Waals surface area contributed by atoms with Crippen molar-refractivity contribution < 1.29 is 12.9 Å². The maximum atomic E-state index is 12.9. The fourth-order valence-corrected chi connectivity index (χ4v) is 4.87. The smallest absolute Gasteiger partial charge is 0.248 e. The van der Waals surface area contributed by atoms with Crippen LogP contribution in [0.4, 0.5) is 11.8 Å². The molecular formula is C14H19ClN6O3S. The van der Waals surface area contributed by atoms with Gasteiger partial charge in [0.05, 0.1) is 0 Å². The number of nitrogens with zero attached hydrogens (tertiary/aromatic N) is 5. The molecule has 2 N–H and O–H groups in total. The number of aromatic nitrogens is 3. The average Bonchev–Trinajstić information content (AvgIpc) is 2.74. The van der Waals surface area contributed by atoms with Crippen molar-refractivity contribution in [1.82, 2.24) is 19.4 Å². The fourth-order valence-electron chi connectivity index (χ4n) is 2.92. The minimum atomic E-state index is -3.66. The number of hydrogen-bond donors (Lipinski definition) is 1. The Hall–Kier alpha value is -1.91. The number of nitrogen functional groups attached to an aromatic ring is 1. The summed E-state index contributed by atoms with van der Waals surface area (Å²) in [4.78, 5) is 10.1. The van der Waals surface area contributed by atoms with Gasteiger partial charge in [-0.1, -0.05) is 16.8 Å². The Balaban J connectivity index is 1.82. The van der Waals surface area contributed by atoms with Gasteiger partial charge in [-0.2, -0.15) is 9.29 Å². The first kappa shape index (κ1) is 17.9. The molecule has 0 amide bonds. The van der Waals surface area contributed by atoms with Gasteiger partial charge >= 0.3 is 0 Å². The van der Waals surface area contributed by atoms with Crippen molar-refractivity contribution in [2.45, 2.75) is 25.2 Å². The van der Waals surface area contributed by atoms with Crippen LogP contribution < -0.4 is 10.6 Å². The predicted molar refractivity (Wildman–Crippen MR) is 93.0 cm³/mol. The molecule has 3 heterocycles. The minimum Gasteiger partial charge on any atom is -0.368 e. The van der Waals surface area contributed by atoms with Crippen LogP contribution in [-0.2, 0) is 10.0 Å². The maximum absolute atomic E-state index is 12.9. The normalized spacial score (nSPS) is 16.8. The molecule has 0 unspecified atom stereocenters. The van der Waals surface area contributed by atoms with E-state index < -0.39 is 10.0 Å². The van der Waals surface area contributed by atoms with Crippen molar-refractivity contribution in [1.29, 1.82) is 0 Å². The van der Waals surface area contributed by atoms with E-state index in [9.17, 15) is 8.42 Å². The summed E-state index contributed by atoms with van der Waals surface area (Å²) in [6, 6.07) is 1.62. The monoisotopic (exact) mass is 386 g/mol. The van der Waals surface area contributed by atoms with E-state index in [0.29, 0.717) is 49.9 Å². The van der Waals surface area contributed by atoms with Crippen LogP contribution in [0, 0.1) is 13.8 Å². The largest absolute Gasteiger partial charge is 0.368 e. The average molecular weight is 387 g/mol. The second-order valence-corrected chi connectivity index (χ2v) is 8.07. The zero-order valence-electron chi connectivity index (χ0n) is 13.9. The number of anilines is 2. The van der Waals surface area contributed by atoms with Crippen molar-refractivity contribution >= 4 is 33.4 Å². The topological polar surface area (TPSA) is 118 Å². The summed E-state index contributed by atoms with van der Waals surface area (Å²) in [5.41, 5.74) is 6.01. The summed E-state index contributed by atoms with van der Waals surface area (Å²) in [5, 5.41) is 4.00. The second-order valence-electron chi connectivity index (χ2n) is 5.81. The van der Waals surface area contributed by atoms with E-state index in [1.54, 1.807) is 19.9 Å². The zero-order chi connectivity index (χ0) is 18.2. The maximum Gasteiger partial charge on any atom is 0.248 e. The van der Waals surface area contributed by atoms with E-state index in [1.807, 2.05) is 4.90 Å². The van der Waals surface area contributed by atoms with Gasteiger partial charge in [-0.05, 0) is 20.3 Å². The number of aryl methyl sites for hydroxylation is 2. The van der Waals surface area contributed by atoms with Gasteiger partial charge < -0.3 is 15.2 Å². The molecule has 0 radical (unpaired) electrons. The molecule has 0 spiro atoms. The van der Waals surface area contributed by atoms with Crippen molar-refractivity contribution in [2.24, 2.45) is 0 Å². The van der Waals surface area contributed by atoms with E-state index >= 15 is 0 Å². The van der Waals surface area contributed by atoms with E-state index in [2.05, 4.69) is 15.1 Å². The Morgan fingerprint density at radius 1 is 1.20 bits per heavy atom. The van der Waals surface area contributed by atoms with Gasteiger partial charge in [0, 0.05) is 32.2 Å². The molecule has 1 saturated heterocycles. The van der Waals surface area contributed by atoms with E-state index in [1.165, 1.54) is 4.31 Å². The Kier molecular flexibility index (Phi) is 4.85. The summed E-state index contributed by atoms with van der Waals surface area (Å²) >= 11 is 5.93. The molecule has 0 bridgehead atoms. The molecule has 0 saturated carbocycles. The van der Waals surface area contributed by atoms with Crippen LogP contribution in [-0.4, -0.2) is 54.0 Å².